The summed E-state index contributed by atoms with van der Waals surface area (Å²) in [7, 11) is 2.22. The van der Waals surface area contributed by atoms with Crippen LogP contribution in [0, 0.1) is 5.41 Å². The molecule has 98 valence electrons. The van der Waals surface area contributed by atoms with Crippen molar-refractivity contribution in [3.63, 3.8) is 0 Å². The summed E-state index contributed by atoms with van der Waals surface area (Å²) in [5.74, 6) is 0.914. The molecule has 0 aromatic carbocycles. The van der Waals surface area contributed by atoms with E-state index in [1.165, 1.54) is 31.5 Å². The molecule has 3 rings (SSSR count). The van der Waals surface area contributed by atoms with E-state index in [9.17, 15) is 0 Å². The monoisotopic (exact) mass is 246 g/mol. The van der Waals surface area contributed by atoms with Gasteiger partial charge in [0.15, 0.2) is 0 Å². The van der Waals surface area contributed by atoms with E-state index in [4.69, 9.17) is 0 Å². The van der Waals surface area contributed by atoms with Crippen LogP contribution in [0.25, 0.3) is 0 Å². The number of anilines is 1. The SMILES string of the molecule is CCc1cnc(N2CC3(CCN(C)CC3)C2)nc1. The van der Waals surface area contributed by atoms with Gasteiger partial charge in [0.2, 0.25) is 5.95 Å². The Kier molecular flexibility index (Phi) is 2.98. The fraction of sp³-hybridized carbons (Fsp3) is 0.714. The first-order valence-electron chi connectivity index (χ1n) is 6.95. The van der Waals surface area contributed by atoms with Gasteiger partial charge in [-0.05, 0) is 45.0 Å². The van der Waals surface area contributed by atoms with Crippen LogP contribution < -0.4 is 4.90 Å². The average Bonchev–Trinajstić information content (AvgIpc) is 2.38. The lowest BCUT2D eigenvalue weighted by molar-refractivity contribution is 0.0894. The standard InChI is InChI=1S/C14H22N4/c1-3-12-8-15-13(16-9-12)18-10-14(11-18)4-6-17(2)7-5-14/h8-9H,3-7,10-11H2,1-2H3. The van der Waals surface area contributed by atoms with Gasteiger partial charge in [-0.15, -0.1) is 0 Å². The molecule has 1 aromatic heterocycles. The summed E-state index contributed by atoms with van der Waals surface area (Å²) in [5.41, 5.74) is 1.77. The highest BCUT2D eigenvalue weighted by molar-refractivity contribution is 5.36. The maximum atomic E-state index is 4.47. The largest absolute Gasteiger partial charge is 0.340 e. The van der Waals surface area contributed by atoms with E-state index >= 15 is 0 Å². The van der Waals surface area contributed by atoms with Gasteiger partial charge in [0.05, 0.1) is 0 Å². The van der Waals surface area contributed by atoms with E-state index in [1.807, 2.05) is 12.4 Å². The van der Waals surface area contributed by atoms with E-state index in [0.717, 1.165) is 25.5 Å². The van der Waals surface area contributed by atoms with Crippen LogP contribution in [0.3, 0.4) is 0 Å². The maximum absolute atomic E-state index is 4.47. The number of nitrogens with zero attached hydrogens (tertiary/aromatic N) is 4. The number of rotatable bonds is 2. The molecule has 0 unspecified atom stereocenters. The first-order valence-corrected chi connectivity index (χ1v) is 6.95. The first-order chi connectivity index (χ1) is 8.71. The highest BCUT2D eigenvalue weighted by atomic mass is 15.3. The van der Waals surface area contributed by atoms with Gasteiger partial charge in [0.1, 0.15) is 0 Å². The smallest absolute Gasteiger partial charge is 0.225 e. The van der Waals surface area contributed by atoms with Crippen molar-refractivity contribution in [3.05, 3.63) is 18.0 Å². The number of hydrogen-bond acceptors (Lipinski definition) is 4. The normalized spacial score (nSPS) is 23.1. The minimum Gasteiger partial charge on any atom is -0.340 e. The summed E-state index contributed by atoms with van der Waals surface area (Å²) in [4.78, 5) is 13.7. The van der Waals surface area contributed by atoms with Crippen molar-refractivity contribution >= 4 is 5.95 Å². The summed E-state index contributed by atoms with van der Waals surface area (Å²) in [5, 5.41) is 0. The predicted molar refractivity (Wildman–Crippen MR) is 72.8 cm³/mol. The fourth-order valence-corrected chi connectivity index (χ4v) is 3.01. The van der Waals surface area contributed by atoms with Gasteiger partial charge in [0, 0.05) is 30.9 Å². The number of aromatic nitrogens is 2. The predicted octanol–water partition coefficient (Wildman–Crippen LogP) is 1.57. The van der Waals surface area contributed by atoms with Gasteiger partial charge in [0.25, 0.3) is 0 Å². The molecule has 0 aliphatic carbocycles. The van der Waals surface area contributed by atoms with Crippen molar-refractivity contribution in [2.45, 2.75) is 26.2 Å². The first kappa shape index (κ1) is 11.9. The quantitative estimate of drug-likeness (QED) is 0.793. The Morgan fingerprint density at radius 2 is 1.78 bits per heavy atom. The second kappa shape index (κ2) is 4.50. The van der Waals surface area contributed by atoms with Crippen molar-refractivity contribution in [2.24, 2.45) is 5.41 Å². The summed E-state index contributed by atoms with van der Waals surface area (Å²) >= 11 is 0. The van der Waals surface area contributed by atoms with Crippen LogP contribution >= 0.6 is 0 Å². The van der Waals surface area contributed by atoms with E-state index < -0.39 is 0 Å². The van der Waals surface area contributed by atoms with Crippen LogP contribution in [0.2, 0.25) is 0 Å². The molecule has 2 fully saturated rings. The van der Waals surface area contributed by atoms with E-state index in [-0.39, 0.29) is 0 Å². The minimum absolute atomic E-state index is 0.555. The topological polar surface area (TPSA) is 32.3 Å². The van der Waals surface area contributed by atoms with E-state index in [0.29, 0.717) is 5.41 Å². The molecule has 0 bridgehead atoms. The molecule has 0 saturated carbocycles. The summed E-state index contributed by atoms with van der Waals surface area (Å²) in [6, 6.07) is 0. The van der Waals surface area contributed by atoms with Gasteiger partial charge >= 0.3 is 0 Å². The van der Waals surface area contributed by atoms with Crippen LogP contribution in [0.4, 0.5) is 5.95 Å². The van der Waals surface area contributed by atoms with Gasteiger partial charge < -0.3 is 9.80 Å². The van der Waals surface area contributed by atoms with Crippen molar-refractivity contribution in [1.29, 1.82) is 0 Å². The van der Waals surface area contributed by atoms with Crippen molar-refractivity contribution < 1.29 is 0 Å². The number of aryl methyl sites for hydroxylation is 1. The Hall–Kier alpha value is -1.16. The summed E-state index contributed by atoms with van der Waals surface area (Å²) < 4.78 is 0. The maximum Gasteiger partial charge on any atom is 0.225 e. The van der Waals surface area contributed by atoms with Crippen LogP contribution in [0.1, 0.15) is 25.3 Å². The Bertz CT molecular complexity index is 398. The third-order valence-electron chi connectivity index (χ3n) is 4.48. The zero-order valence-corrected chi connectivity index (χ0v) is 11.4. The van der Waals surface area contributed by atoms with Crippen LogP contribution in [0.5, 0.6) is 0 Å². The fourth-order valence-electron chi connectivity index (χ4n) is 3.01. The van der Waals surface area contributed by atoms with Crippen molar-refractivity contribution in [2.75, 3.05) is 38.1 Å². The van der Waals surface area contributed by atoms with Gasteiger partial charge in [-0.3, -0.25) is 0 Å². The molecule has 0 atom stereocenters. The molecule has 2 saturated heterocycles. The van der Waals surface area contributed by atoms with Crippen molar-refractivity contribution in [3.8, 4) is 0 Å². The lowest BCUT2D eigenvalue weighted by Crippen LogP contribution is -2.60. The molecule has 18 heavy (non-hydrogen) atoms. The highest BCUT2D eigenvalue weighted by Gasteiger charge is 2.45. The Labute approximate surface area is 109 Å². The minimum atomic E-state index is 0.555. The van der Waals surface area contributed by atoms with Gasteiger partial charge in [-0.1, -0.05) is 6.92 Å². The van der Waals surface area contributed by atoms with Crippen LogP contribution in [0.15, 0.2) is 12.4 Å². The number of hydrogen-bond donors (Lipinski definition) is 0. The van der Waals surface area contributed by atoms with E-state index in [2.05, 4.69) is 33.7 Å². The number of piperidine rings is 1. The van der Waals surface area contributed by atoms with Gasteiger partial charge in [-0.2, -0.15) is 0 Å². The summed E-state index contributed by atoms with van der Waals surface area (Å²) in [6.07, 6.45) is 7.58. The molecule has 0 amide bonds. The molecule has 1 spiro atoms. The zero-order valence-electron chi connectivity index (χ0n) is 11.4. The molecule has 2 aliphatic rings. The highest BCUT2D eigenvalue weighted by Crippen LogP contribution is 2.41. The molecule has 4 nitrogen and oxygen atoms in total. The third kappa shape index (κ3) is 2.09. The van der Waals surface area contributed by atoms with E-state index in [1.54, 1.807) is 0 Å². The molecular formula is C14H22N4. The Morgan fingerprint density at radius 3 is 2.33 bits per heavy atom. The second-order valence-electron chi connectivity index (χ2n) is 5.90. The molecule has 0 radical (unpaired) electrons. The molecule has 1 aromatic rings. The molecular weight excluding hydrogens is 224 g/mol. The number of likely N-dealkylation sites (tertiary alicyclic amines) is 1. The van der Waals surface area contributed by atoms with Gasteiger partial charge in [-0.25, -0.2) is 9.97 Å². The molecule has 4 heteroatoms. The Balaban J connectivity index is 1.61. The van der Waals surface area contributed by atoms with Crippen molar-refractivity contribution in [1.82, 2.24) is 14.9 Å². The molecule has 2 aliphatic heterocycles. The lowest BCUT2D eigenvalue weighted by atomic mass is 9.72. The second-order valence-corrected chi connectivity index (χ2v) is 5.90. The third-order valence-corrected chi connectivity index (χ3v) is 4.48. The lowest BCUT2D eigenvalue weighted by Gasteiger charge is -2.53. The molecule has 0 N–H and O–H groups in total. The summed E-state index contributed by atoms with van der Waals surface area (Å²) in [6.45, 7) is 6.90. The average molecular weight is 246 g/mol. The van der Waals surface area contributed by atoms with Crippen LogP contribution in [-0.4, -0.2) is 48.1 Å². The molecule has 3 heterocycles. The van der Waals surface area contributed by atoms with Crippen LogP contribution in [-0.2, 0) is 6.42 Å². The Morgan fingerprint density at radius 1 is 1.17 bits per heavy atom. The zero-order chi connectivity index (χ0) is 12.6.